The lowest BCUT2D eigenvalue weighted by molar-refractivity contribution is -0.137. The van der Waals surface area contributed by atoms with Crippen molar-refractivity contribution in [3.8, 4) is 0 Å². The maximum Gasteiger partial charge on any atom is 0.419 e. The maximum absolute atomic E-state index is 12.8. The average molecular weight is 276 g/mol. The minimum atomic E-state index is -4.46. The van der Waals surface area contributed by atoms with Gasteiger partial charge in [0.05, 0.1) is 24.0 Å². The van der Waals surface area contributed by atoms with Gasteiger partial charge in [-0.15, -0.1) is 0 Å². The monoisotopic (exact) mass is 276 g/mol. The highest BCUT2D eigenvalue weighted by atomic mass is 19.4. The fraction of sp³-hybridized carbons (Fsp3) is 0.545. The lowest BCUT2D eigenvalue weighted by Crippen LogP contribution is -2.42. The van der Waals surface area contributed by atoms with E-state index in [4.69, 9.17) is 10.5 Å². The van der Waals surface area contributed by atoms with E-state index in [1.807, 2.05) is 0 Å². The molecule has 2 heterocycles. The van der Waals surface area contributed by atoms with Crippen LogP contribution in [0.25, 0.3) is 0 Å². The molecule has 0 radical (unpaired) electrons. The first kappa shape index (κ1) is 13.9. The number of pyridine rings is 1. The molecular formula is C11H15F3N4O. The molecule has 2 rings (SSSR count). The average Bonchev–Trinajstić information content (AvgIpc) is 2.36. The van der Waals surface area contributed by atoms with E-state index >= 15 is 0 Å². The summed E-state index contributed by atoms with van der Waals surface area (Å²) in [6.45, 7) is 2.19. The first-order chi connectivity index (χ1) is 8.97. The van der Waals surface area contributed by atoms with Gasteiger partial charge in [-0.25, -0.2) is 4.98 Å². The zero-order valence-corrected chi connectivity index (χ0v) is 10.1. The number of nitrogens with one attached hydrogen (secondary N) is 2. The fourth-order valence-electron chi connectivity index (χ4n) is 1.82. The first-order valence-corrected chi connectivity index (χ1v) is 5.85. The minimum Gasteiger partial charge on any atom is -0.384 e. The SMILES string of the molecule is Nc1cc(NCC2CNCCO2)c(C(F)(F)F)cn1. The second-order valence-electron chi connectivity index (χ2n) is 4.23. The van der Waals surface area contributed by atoms with Crippen molar-refractivity contribution in [2.75, 3.05) is 37.3 Å². The van der Waals surface area contributed by atoms with E-state index in [0.717, 1.165) is 12.7 Å². The summed E-state index contributed by atoms with van der Waals surface area (Å²) in [5.74, 6) is 0.0400. The molecule has 0 aliphatic carbocycles. The molecule has 0 spiro atoms. The molecule has 0 amide bonds. The number of nitrogens with zero attached hydrogens (tertiary/aromatic N) is 1. The summed E-state index contributed by atoms with van der Waals surface area (Å²) in [5.41, 5.74) is 4.51. The Hall–Kier alpha value is -1.54. The molecule has 1 aromatic heterocycles. The number of nitrogen functional groups attached to an aromatic ring is 1. The number of alkyl halides is 3. The number of aromatic nitrogens is 1. The van der Waals surface area contributed by atoms with Crippen molar-refractivity contribution in [2.45, 2.75) is 12.3 Å². The molecule has 8 heteroatoms. The molecule has 5 nitrogen and oxygen atoms in total. The highest BCUT2D eigenvalue weighted by Gasteiger charge is 2.34. The van der Waals surface area contributed by atoms with Gasteiger partial charge in [-0.05, 0) is 0 Å². The summed E-state index contributed by atoms with van der Waals surface area (Å²) >= 11 is 0. The van der Waals surface area contributed by atoms with Crippen LogP contribution in [-0.2, 0) is 10.9 Å². The van der Waals surface area contributed by atoms with E-state index in [1.165, 1.54) is 6.07 Å². The Morgan fingerprint density at radius 1 is 1.53 bits per heavy atom. The smallest absolute Gasteiger partial charge is 0.384 e. The number of nitrogens with two attached hydrogens (primary N) is 1. The van der Waals surface area contributed by atoms with Crippen LogP contribution in [0.1, 0.15) is 5.56 Å². The highest BCUT2D eigenvalue weighted by Crippen LogP contribution is 2.34. The molecule has 19 heavy (non-hydrogen) atoms. The number of hydrogen-bond donors (Lipinski definition) is 3. The van der Waals surface area contributed by atoms with Crippen molar-refractivity contribution in [2.24, 2.45) is 0 Å². The van der Waals surface area contributed by atoms with Gasteiger partial charge in [-0.1, -0.05) is 0 Å². The third-order valence-electron chi connectivity index (χ3n) is 2.76. The minimum absolute atomic E-state index is 0.0400. The Morgan fingerprint density at radius 2 is 2.32 bits per heavy atom. The van der Waals surface area contributed by atoms with Crippen LogP contribution in [0.2, 0.25) is 0 Å². The van der Waals surface area contributed by atoms with Crippen molar-refractivity contribution in [1.82, 2.24) is 10.3 Å². The van der Waals surface area contributed by atoms with Crippen LogP contribution in [-0.4, -0.2) is 37.3 Å². The Bertz CT molecular complexity index is 432. The van der Waals surface area contributed by atoms with Gasteiger partial charge in [0.15, 0.2) is 0 Å². The summed E-state index contributed by atoms with van der Waals surface area (Å²) in [6.07, 6.45) is -3.89. The van der Waals surface area contributed by atoms with Crippen LogP contribution >= 0.6 is 0 Å². The van der Waals surface area contributed by atoms with E-state index in [-0.39, 0.29) is 24.2 Å². The van der Waals surface area contributed by atoms with E-state index in [2.05, 4.69) is 15.6 Å². The molecule has 0 bridgehead atoms. The third kappa shape index (κ3) is 3.71. The molecule has 1 aromatic rings. The molecule has 4 N–H and O–H groups in total. The summed E-state index contributed by atoms with van der Waals surface area (Å²) in [7, 11) is 0. The predicted molar refractivity (Wildman–Crippen MR) is 64.8 cm³/mol. The maximum atomic E-state index is 12.8. The van der Waals surface area contributed by atoms with E-state index < -0.39 is 11.7 Å². The Labute approximate surface area is 108 Å². The van der Waals surface area contributed by atoms with Crippen LogP contribution in [0.4, 0.5) is 24.7 Å². The first-order valence-electron chi connectivity index (χ1n) is 5.85. The second-order valence-corrected chi connectivity index (χ2v) is 4.23. The molecule has 1 atom stereocenters. The zero-order chi connectivity index (χ0) is 13.9. The molecule has 106 valence electrons. The van der Waals surface area contributed by atoms with Crippen LogP contribution in [0.15, 0.2) is 12.3 Å². The van der Waals surface area contributed by atoms with E-state index in [1.54, 1.807) is 0 Å². The summed E-state index contributed by atoms with van der Waals surface area (Å²) in [4.78, 5) is 3.48. The highest BCUT2D eigenvalue weighted by molar-refractivity contribution is 5.57. The van der Waals surface area contributed by atoms with Crippen molar-refractivity contribution in [3.63, 3.8) is 0 Å². The molecule has 1 fully saturated rings. The van der Waals surface area contributed by atoms with Gasteiger partial charge in [0.25, 0.3) is 0 Å². The normalized spacial score (nSPS) is 20.3. The summed E-state index contributed by atoms with van der Waals surface area (Å²) in [6, 6.07) is 1.18. The second kappa shape index (κ2) is 5.62. The van der Waals surface area contributed by atoms with Crippen LogP contribution in [0, 0.1) is 0 Å². The lowest BCUT2D eigenvalue weighted by atomic mass is 10.2. The topological polar surface area (TPSA) is 72.2 Å². The molecule has 1 unspecified atom stereocenters. The van der Waals surface area contributed by atoms with Crippen molar-refractivity contribution in [1.29, 1.82) is 0 Å². The van der Waals surface area contributed by atoms with Crippen LogP contribution in [0.3, 0.4) is 0 Å². The zero-order valence-electron chi connectivity index (χ0n) is 10.1. The van der Waals surface area contributed by atoms with Gasteiger partial charge in [0.2, 0.25) is 0 Å². The van der Waals surface area contributed by atoms with Crippen molar-refractivity contribution < 1.29 is 17.9 Å². The number of rotatable bonds is 3. The van der Waals surface area contributed by atoms with Gasteiger partial charge < -0.3 is 21.1 Å². The van der Waals surface area contributed by atoms with E-state index in [0.29, 0.717) is 13.2 Å². The number of anilines is 2. The largest absolute Gasteiger partial charge is 0.419 e. The van der Waals surface area contributed by atoms with Gasteiger partial charge in [0, 0.05) is 31.9 Å². The third-order valence-corrected chi connectivity index (χ3v) is 2.76. The molecule has 1 saturated heterocycles. The fourth-order valence-corrected chi connectivity index (χ4v) is 1.82. The van der Waals surface area contributed by atoms with Gasteiger partial charge >= 0.3 is 6.18 Å². The summed E-state index contributed by atoms with van der Waals surface area (Å²) in [5, 5.41) is 5.83. The number of halogens is 3. The molecule has 1 aliphatic heterocycles. The molecule has 0 saturated carbocycles. The molecular weight excluding hydrogens is 261 g/mol. The van der Waals surface area contributed by atoms with Gasteiger partial charge in [-0.2, -0.15) is 13.2 Å². The number of morpholine rings is 1. The summed E-state index contributed by atoms with van der Waals surface area (Å²) < 4.78 is 43.7. The van der Waals surface area contributed by atoms with Crippen molar-refractivity contribution in [3.05, 3.63) is 17.8 Å². The predicted octanol–water partition coefficient (Wildman–Crippen LogP) is 1.08. The molecule has 0 aromatic carbocycles. The van der Waals surface area contributed by atoms with Crippen LogP contribution in [0.5, 0.6) is 0 Å². The Balaban J connectivity index is 2.07. The van der Waals surface area contributed by atoms with Crippen LogP contribution < -0.4 is 16.4 Å². The van der Waals surface area contributed by atoms with Crippen molar-refractivity contribution >= 4 is 11.5 Å². The van der Waals surface area contributed by atoms with Gasteiger partial charge in [-0.3, -0.25) is 0 Å². The Morgan fingerprint density at radius 3 is 2.95 bits per heavy atom. The number of hydrogen-bond acceptors (Lipinski definition) is 5. The lowest BCUT2D eigenvalue weighted by Gasteiger charge is -2.25. The van der Waals surface area contributed by atoms with E-state index in [9.17, 15) is 13.2 Å². The van der Waals surface area contributed by atoms with Gasteiger partial charge in [0.1, 0.15) is 5.82 Å². The quantitative estimate of drug-likeness (QED) is 0.770. The standard InChI is InChI=1S/C11H15F3N4O/c12-11(13,14)8-6-18-10(15)3-9(8)17-5-7-4-16-1-2-19-7/h3,6-7,16H,1-2,4-5H2,(H3,15,17,18). The number of ether oxygens (including phenoxy) is 1. The Kier molecular flexibility index (Phi) is 4.11. The molecule has 1 aliphatic rings.